The smallest absolute Gasteiger partial charge is 0.283 e. The molecule has 0 spiro atoms. The first-order chi connectivity index (χ1) is 14.4. The minimum absolute atomic E-state index is 0.0663. The van der Waals surface area contributed by atoms with Gasteiger partial charge >= 0.3 is 0 Å². The molecule has 154 valence electrons. The molecule has 1 aromatic heterocycles. The number of aliphatic imine (C=N–C) groups is 1. The number of thioether (sulfide) groups is 1. The first-order valence-corrected chi connectivity index (χ1v) is 11.0. The quantitative estimate of drug-likeness (QED) is 0.620. The van der Waals surface area contributed by atoms with E-state index >= 15 is 0 Å². The Bertz CT molecular complexity index is 1140. The molecular weight excluding hydrogens is 418 g/mol. The molecule has 2 aliphatic rings. The second-order valence-electron chi connectivity index (χ2n) is 7.26. The molecule has 0 saturated heterocycles. The van der Waals surface area contributed by atoms with E-state index < -0.39 is 5.91 Å². The van der Waals surface area contributed by atoms with Crippen LogP contribution in [0.5, 0.6) is 0 Å². The van der Waals surface area contributed by atoms with Gasteiger partial charge in [-0.15, -0.1) is 0 Å². The molecule has 0 fully saturated rings. The van der Waals surface area contributed by atoms with Crippen LogP contribution in [0.25, 0.3) is 11.8 Å². The number of amidine groups is 2. The third kappa shape index (κ3) is 3.75. The number of fused-ring (bicyclic) bond motifs is 1. The molecule has 6 nitrogen and oxygen atoms in total. The highest BCUT2D eigenvalue weighted by Crippen LogP contribution is 2.31. The number of hydrogen-bond donors (Lipinski definition) is 1. The molecule has 3 heterocycles. The van der Waals surface area contributed by atoms with Crippen molar-refractivity contribution in [3.05, 3.63) is 57.9 Å². The fourth-order valence-electron chi connectivity index (χ4n) is 3.56. The number of hydrogen-bond acceptors (Lipinski definition) is 4. The number of nitrogens with one attached hydrogen (secondary N) is 1. The number of unbranched alkanes of at least 4 members (excludes halogenated alkanes) is 1. The van der Waals surface area contributed by atoms with Crippen molar-refractivity contribution >= 4 is 51.4 Å². The first kappa shape index (κ1) is 20.6. The molecule has 1 N–H and O–H groups in total. The molecule has 0 unspecified atom stereocenters. The number of aryl methyl sites for hydroxylation is 1. The van der Waals surface area contributed by atoms with E-state index in [1.165, 1.54) is 16.8 Å². The van der Waals surface area contributed by atoms with Gasteiger partial charge in [0.1, 0.15) is 5.04 Å². The average molecular weight is 440 g/mol. The lowest BCUT2D eigenvalue weighted by molar-refractivity contribution is -0.114. The van der Waals surface area contributed by atoms with Crippen LogP contribution < -0.4 is 0 Å². The highest BCUT2D eigenvalue weighted by atomic mass is 35.5. The largest absolute Gasteiger partial charge is 0.318 e. The summed E-state index contributed by atoms with van der Waals surface area (Å²) in [6.45, 7) is 6.11. The van der Waals surface area contributed by atoms with Gasteiger partial charge in [-0.1, -0.05) is 31.0 Å². The average Bonchev–Trinajstić information content (AvgIpc) is 3.23. The summed E-state index contributed by atoms with van der Waals surface area (Å²) in [7, 11) is 0. The van der Waals surface area contributed by atoms with Crippen molar-refractivity contribution in [2.24, 2.45) is 10.1 Å². The zero-order valence-corrected chi connectivity index (χ0v) is 18.6. The Labute approximate surface area is 184 Å². The number of carbonyl (C=O) groups excluding carboxylic acids is 1. The van der Waals surface area contributed by atoms with Crippen LogP contribution in [0.15, 0.2) is 46.0 Å². The molecule has 0 saturated carbocycles. The zero-order chi connectivity index (χ0) is 21.4. The van der Waals surface area contributed by atoms with E-state index in [1.807, 2.05) is 44.2 Å². The molecule has 8 heteroatoms. The Hall–Kier alpha value is -2.64. The van der Waals surface area contributed by atoms with Gasteiger partial charge in [-0.3, -0.25) is 10.2 Å². The molecule has 0 radical (unpaired) electrons. The van der Waals surface area contributed by atoms with Crippen molar-refractivity contribution in [2.75, 3.05) is 0 Å². The SMILES string of the molecule is CCCCC1=NN2C(=N)/C(=C\c3cc(C)n(-c4cccc(Cl)c4)c3C)C(=O)N=C2S1. The van der Waals surface area contributed by atoms with Gasteiger partial charge in [0.15, 0.2) is 5.84 Å². The molecule has 0 bridgehead atoms. The second kappa shape index (κ2) is 8.24. The third-order valence-electron chi connectivity index (χ3n) is 5.08. The number of amides is 1. The van der Waals surface area contributed by atoms with Crippen molar-refractivity contribution in [2.45, 2.75) is 40.0 Å². The first-order valence-electron chi connectivity index (χ1n) is 9.83. The number of carbonyl (C=O) groups is 1. The topological polar surface area (TPSA) is 73.8 Å². The Morgan fingerprint density at radius 3 is 2.80 bits per heavy atom. The number of nitrogens with zero attached hydrogens (tertiary/aromatic N) is 4. The second-order valence-corrected chi connectivity index (χ2v) is 8.74. The molecular formula is C22H22ClN5OS. The van der Waals surface area contributed by atoms with Gasteiger partial charge in [0.05, 0.1) is 5.57 Å². The Balaban J connectivity index is 1.69. The third-order valence-corrected chi connectivity index (χ3v) is 6.28. The molecule has 1 amide bonds. The lowest BCUT2D eigenvalue weighted by Gasteiger charge is -2.20. The minimum Gasteiger partial charge on any atom is -0.318 e. The Kier molecular flexibility index (Phi) is 5.66. The van der Waals surface area contributed by atoms with Crippen LogP contribution in [0.2, 0.25) is 5.02 Å². The minimum atomic E-state index is -0.404. The van der Waals surface area contributed by atoms with Gasteiger partial charge in [0.25, 0.3) is 5.91 Å². The number of rotatable bonds is 5. The van der Waals surface area contributed by atoms with E-state index in [0.29, 0.717) is 10.2 Å². The zero-order valence-electron chi connectivity index (χ0n) is 17.1. The van der Waals surface area contributed by atoms with Crippen LogP contribution in [0, 0.1) is 19.3 Å². The van der Waals surface area contributed by atoms with E-state index in [0.717, 1.165) is 46.9 Å². The van der Waals surface area contributed by atoms with Gasteiger partial charge < -0.3 is 4.57 Å². The number of benzene rings is 1. The van der Waals surface area contributed by atoms with Crippen molar-refractivity contribution < 1.29 is 4.79 Å². The summed E-state index contributed by atoms with van der Waals surface area (Å²) >= 11 is 7.54. The summed E-state index contributed by atoms with van der Waals surface area (Å²) in [5.41, 5.74) is 4.03. The molecule has 0 atom stereocenters. The van der Waals surface area contributed by atoms with Crippen LogP contribution in [-0.2, 0) is 4.79 Å². The van der Waals surface area contributed by atoms with Crippen LogP contribution in [0.1, 0.15) is 43.1 Å². The summed E-state index contributed by atoms with van der Waals surface area (Å²) < 4.78 is 2.08. The van der Waals surface area contributed by atoms with Crippen molar-refractivity contribution in [1.82, 2.24) is 9.58 Å². The van der Waals surface area contributed by atoms with Crippen LogP contribution in [-0.4, -0.2) is 31.5 Å². The number of hydrazone groups is 1. The molecule has 2 aliphatic heterocycles. The Morgan fingerprint density at radius 1 is 1.27 bits per heavy atom. The van der Waals surface area contributed by atoms with E-state index in [4.69, 9.17) is 17.0 Å². The molecule has 30 heavy (non-hydrogen) atoms. The van der Waals surface area contributed by atoms with Gasteiger partial charge in [0.2, 0.25) is 5.17 Å². The summed E-state index contributed by atoms with van der Waals surface area (Å²) in [4.78, 5) is 16.9. The standard InChI is InChI=1S/C22H22ClN5OS/c1-4-5-9-19-26-28-20(24)18(21(29)25-22(28)30-19)11-15-10-13(2)27(14(15)3)17-8-6-7-16(23)12-17/h6-8,10-12,24H,4-5,9H2,1-3H3/b18-11+,24-20?. The van der Waals surface area contributed by atoms with Gasteiger partial charge in [-0.2, -0.15) is 15.1 Å². The highest BCUT2D eigenvalue weighted by Gasteiger charge is 2.35. The maximum atomic E-state index is 12.7. The monoisotopic (exact) mass is 439 g/mol. The van der Waals surface area contributed by atoms with E-state index in [1.54, 1.807) is 6.08 Å². The normalized spacial score (nSPS) is 17.5. The highest BCUT2D eigenvalue weighted by molar-refractivity contribution is 8.26. The van der Waals surface area contributed by atoms with Gasteiger partial charge in [0, 0.05) is 22.1 Å². The molecule has 0 aliphatic carbocycles. The van der Waals surface area contributed by atoms with Crippen molar-refractivity contribution in [3.8, 4) is 5.69 Å². The van der Waals surface area contributed by atoms with Crippen molar-refractivity contribution in [3.63, 3.8) is 0 Å². The fraction of sp³-hybridized carbons (Fsp3) is 0.273. The number of halogens is 1. The summed E-state index contributed by atoms with van der Waals surface area (Å²) in [5.74, 6) is -0.338. The summed E-state index contributed by atoms with van der Waals surface area (Å²) in [6.07, 6.45) is 4.65. The maximum Gasteiger partial charge on any atom is 0.283 e. The van der Waals surface area contributed by atoms with E-state index in [2.05, 4.69) is 21.6 Å². The lowest BCUT2D eigenvalue weighted by Crippen LogP contribution is -2.35. The molecule has 4 rings (SSSR count). The van der Waals surface area contributed by atoms with E-state index in [-0.39, 0.29) is 11.4 Å². The fourth-order valence-corrected chi connectivity index (χ4v) is 4.67. The predicted octanol–water partition coefficient (Wildman–Crippen LogP) is 5.56. The summed E-state index contributed by atoms with van der Waals surface area (Å²) in [5, 5.41) is 16.6. The van der Waals surface area contributed by atoms with Gasteiger partial charge in [-0.05, 0) is 74.4 Å². The maximum absolute atomic E-state index is 12.7. The molecule has 1 aromatic carbocycles. The predicted molar refractivity (Wildman–Crippen MR) is 125 cm³/mol. The van der Waals surface area contributed by atoms with Gasteiger partial charge in [-0.25, -0.2) is 0 Å². The van der Waals surface area contributed by atoms with Crippen LogP contribution in [0.4, 0.5) is 0 Å². The molecule has 2 aromatic rings. The van der Waals surface area contributed by atoms with Crippen LogP contribution >= 0.6 is 23.4 Å². The number of aromatic nitrogens is 1. The van der Waals surface area contributed by atoms with Crippen LogP contribution in [0.3, 0.4) is 0 Å². The lowest BCUT2D eigenvalue weighted by atomic mass is 10.1. The van der Waals surface area contributed by atoms with E-state index in [9.17, 15) is 4.79 Å². The Morgan fingerprint density at radius 2 is 2.07 bits per heavy atom. The summed E-state index contributed by atoms with van der Waals surface area (Å²) in [6, 6.07) is 9.63. The van der Waals surface area contributed by atoms with Crippen molar-refractivity contribution in [1.29, 1.82) is 5.41 Å².